The maximum absolute atomic E-state index is 13.1. The summed E-state index contributed by atoms with van der Waals surface area (Å²) in [5.41, 5.74) is 1.08. The van der Waals surface area contributed by atoms with E-state index in [1.54, 1.807) is 0 Å². The molecular weight excluding hydrogens is 307 g/mol. The highest BCUT2D eigenvalue weighted by Crippen LogP contribution is 2.45. The van der Waals surface area contributed by atoms with Crippen molar-refractivity contribution in [3.05, 3.63) is 30.1 Å². The highest BCUT2D eigenvalue weighted by Gasteiger charge is 2.47. The first kappa shape index (κ1) is 15.9. The molecule has 0 spiro atoms. The lowest BCUT2D eigenvalue weighted by Gasteiger charge is -2.38. The fraction of sp³-hybridized carbons (Fsp3) is 0.632. The van der Waals surface area contributed by atoms with E-state index in [9.17, 15) is 14.3 Å². The summed E-state index contributed by atoms with van der Waals surface area (Å²) in [6.45, 7) is 3.60. The van der Waals surface area contributed by atoms with Gasteiger partial charge in [-0.2, -0.15) is 0 Å². The largest absolute Gasteiger partial charge is 0.481 e. The van der Waals surface area contributed by atoms with Crippen LogP contribution in [-0.4, -0.2) is 48.2 Å². The second kappa shape index (κ2) is 6.36. The first-order valence-electron chi connectivity index (χ1n) is 9.09. The minimum Gasteiger partial charge on any atom is -0.481 e. The number of anilines is 1. The number of rotatable bonds is 4. The van der Waals surface area contributed by atoms with Crippen LogP contribution in [0, 0.1) is 23.6 Å². The van der Waals surface area contributed by atoms with Crippen LogP contribution < -0.4 is 4.90 Å². The van der Waals surface area contributed by atoms with Crippen molar-refractivity contribution in [3.63, 3.8) is 0 Å². The molecule has 2 saturated heterocycles. The Labute approximate surface area is 142 Å². The van der Waals surface area contributed by atoms with Gasteiger partial charge in [-0.15, -0.1) is 0 Å². The molecule has 2 atom stereocenters. The van der Waals surface area contributed by atoms with Gasteiger partial charge in [0.1, 0.15) is 5.82 Å². The van der Waals surface area contributed by atoms with Crippen molar-refractivity contribution in [3.8, 4) is 0 Å². The summed E-state index contributed by atoms with van der Waals surface area (Å²) in [6, 6.07) is 7.20. The lowest BCUT2D eigenvalue weighted by molar-refractivity contribution is -0.142. The molecule has 1 aliphatic carbocycles. The molecule has 1 aromatic rings. The topological polar surface area (TPSA) is 43.8 Å². The maximum Gasteiger partial charge on any atom is 0.308 e. The summed E-state index contributed by atoms with van der Waals surface area (Å²) < 4.78 is 13.1. The predicted octanol–water partition coefficient (Wildman–Crippen LogP) is 2.84. The van der Waals surface area contributed by atoms with Gasteiger partial charge in [0.25, 0.3) is 0 Å². The third-order valence-electron chi connectivity index (χ3n) is 6.11. The minimum absolute atomic E-state index is 0.173. The lowest BCUT2D eigenvalue weighted by Crippen LogP contribution is -2.44. The SMILES string of the molecule is O=C(O)[C@@H]1CN(C2CCN(c3ccc(F)cc3)CC2)C[C@H]1C1CC1. The molecule has 0 radical (unpaired) electrons. The third kappa shape index (κ3) is 3.14. The van der Waals surface area contributed by atoms with E-state index in [-0.39, 0.29) is 11.7 Å². The van der Waals surface area contributed by atoms with Crippen molar-refractivity contribution >= 4 is 11.7 Å². The zero-order valence-electron chi connectivity index (χ0n) is 13.9. The van der Waals surface area contributed by atoms with Crippen LogP contribution in [0.1, 0.15) is 25.7 Å². The van der Waals surface area contributed by atoms with Gasteiger partial charge >= 0.3 is 5.97 Å². The number of aliphatic carboxylic acids is 1. The normalized spacial score (nSPS) is 29.1. The Morgan fingerprint density at radius 2 is 1.71 bits per heavy atom. The Balaban J connectivity index is 1.36. The quantitative estimate of drug-likeness (QED) is 0.921. The van der Waals surface area contributed by atoms with Gasteiger partial charge in [-0.05, 0) is 61.8 Å². The first-order valence-corrected chi connectivity index (χ1v) is 9.09. The molecule has 1 aromatic carbocycles. The fourth-order valence-electron chi connectivity index (χ4n) is 4.56. The van der Waals surface area contributed by atoms with Gasteiger partial charge in [0.15, 0.2) is 0 Å². The van der Waals surface area contributed by atoms with Gasteiger partial charge < -0.3 is 10.0 Å². The fourth-order valence-corrected chi connectivity index (χ4v) is 4.56. The zero-order chi connectivity index (χ0) is 16.7. The minimum atomic E-state index is -0.613. The Morgan fingerprint density at radius 1 is 1.04 bits per heavy atom. The van der Waals surface area contributed by atoms with E-state index in [0.29, 0.717) is 17.9 Å². The van der Waals surface area contributed by atoms with E-state index in [1.165, 1.54) is 25.0 Å². The second-order valence-corrected chi connectivity index (χ2v) is 7.59. The number of benzene rings is 1. The molecule has 4 nitrogen and oxygen atoms in total. The highest BCUT2D eigenvalue weighted by atomic mass is 19.1. The van der Waals surface area contributed by atoms with Crippen molar-refractivity contribution in [2.24, 2.45) is 17.8 Å². The Bertz CT molecular complexity index is 594. The molecule has 0 amide bonds. The number of hydrogen-bond donors (Lipinski definition) is 1. The Kier molecular flexibility index (Phi) is 4.21. The second-order valence-electron chi connectivity index (χ2n) is 7.59. The van der Waals surface area contributed by atoms with Crippen LogP contribution in [0.2, 0.25) is 0 Å². The molecule has 0 aromatic heterocycles. The van der Waals surface area contributed by atoms with Crippen LogP contribution in [0.25, 0.3) is 0 Å². The maximum atomic E-state index is 13.1. The molecule has 0 bridgehead atoms. The number of carbonyl (C=O) groups is 1. The summed E-state index contributed by atoms with van der Waals surface area (Å²) in [6.07, 6.45) is 4.54. The molecule has 1 saturated carbocycles. The number of hydrogen-bond acceptors (Lipinski definition) is 3. The zero-order valence-corrected chi connectivity index (χ0v) is 13.9. The highest BCUT2D eigenvalue weighted by molar-refractivity contribution is 5.71. The van der Waals surface area contributed by atoms with Crippen LogP contribution in [-0.2, 0) is 4.79 Å². The molecule has 4 rings (SSSR count). The molecule has 3 fully saturated rings. The number of carboxylic acid groups (broad SMARTS) is 1. The van der Waals surface area contributed by atoms with Crippen molar-refractivity contribution < 1.29 is 14.3 Å². The van der Waals surface area contributed by atoms with Gasteiger partial charge in [0.2, 0.25) is 0 Å². The molecule has 24 heavy (non-hydrogen) atoms. The Hall–Kier alpha value is -1.62. The number of likely N-dealkylation sites (tertiary alicyclic amines) is 1. The third-order valence-corrected chi connectivity index (χ3v) is 6.11. The molecule has 3 aliphatic rings. The number of carboxylic acids is 1. The molecule has 5 heteroatoms. The average Bonchev–Trinajstić information content (AvgIpc) is 3.34. The lowest BCUT2D eigenvalue weighted by atomic mass is 9.92. The number of nitrogens with zero attached hydrogens (tertiary/aromatic N) is 2. The standard InChI is InChI=1S/C19H25FN2O2/c20-14-3-5-15(6-4-14)21-9-7-16(8-10-21)22-11-17(13-1-2-13)18(12-22)19(23)24/h3-6,13,16-18H,1-2,7-12H2,(H,23,24)/t17-,18+/m0/s1. The van der Waals surface area contributed by atoms with Gasteiger partial charge in [0.05, 0.1) is 5.92 Å². The van der Waals surface area contributed by atoms with Crippen LogP contribution in [0.4, 0.5) is 10.1 Å². The van der Waals surface area contributed by atoms with Gasteiger partial charge in [-0.3, -0.25) is 9.69 Å². The molecule has 130 valence electrons. The van der Waals surface area contributed by atoms with Gasteiger partial charge in [-0.25, -0.2) is 4.39 Å². The van der Waals surface area contributed by atoms with Crippen LogP contribution in [0.3, 0.4) is 0 Å². The summed E-state index contributed by atoms with van der Waals surface area (Å²) >= 11 is 0. The van der Waals surface area contributed by atoms with Crippen molar-refractivity contribution in [2.45, 2.75) is 31.7 Å². The van der Waals surface area contributed by atoms with E-state index >= 15 is 0 Å². The molecular formula is C19H25FN2O2. The van der Waals surface area contributed by atoms with Crippen molar-refractivity contribution in [1.82, 2.24) is 4.90 Å². The summed E-state index contributed by atoms with van der Waals surface area (Å²) in [4.78, 5) is 16.3. The van der Waals surface area contributed by atoms with E-state index in [0.717, 1.165) is 44.7 Å². The van der Waals surface area contributed by atoms with Crippen molar-refractivity contribution in [1.29, 1.82) is 0 Å². The summed E-state index contributed by atoms with van der Waals surface area (Å²) in [7, 11) is 0. The monoisotopic (exact) mass is 332 g/mol. The number of piperidine rings is 1. The van der Waals surface area contributed by atoms with E-state index < -0.39 is 5.97 Å². The van der Waals surface area contributed by atoms with Crippen molar-refractivity contribution in [2.75, 3.05) is 31.1 Å². The number of halogens is 1. The smallest absolute Gasteiger partial charge is 0.308 e. The molecule has 0 unspecified atom stereocenters. The van der Waals surface area contributed by atoms with Gasteiger partial charge in [0, 0.05) is 37.9 Å². The Morgan fingerprint density at radius 3 is 2.29 bits per heavy atom. The molecule has 1 N–H and O–H groups in total. The van der Waals surface area contributed by atoms with E-state index in [4.69, 9.17) is 0 Å². The van der Waals surface area contributed by atoms with Crippen LogP contribution in [0.15, 0.2) is 24.3 Å². The first-order chi connectivity index (χ1) is 11.6. The predicted molar refractivity (Wildman–Crippen MR) is 90.5 cm³/mol. The van der Waals surface area contributed by atoms with Crippen LogP contribution in [0.5, 0.6) is 0 Å². The molecule has 2 aliphatic heterocycles. The van der Waals surface area contributed by atoms with E-state index in [2.05, 4.69) is 9.80 Å². The van der Waals surface area contributed by atoms with E-state index in [1.807, 2.05) is 12.1 Å². The van der Waals surface area contributed by atoms with Gasteiger partial charge in [-0.1, -0.05) is 0 Å². The summed E-state index contributed by atoms with van der Waals surface area (Å²) in [5.74, 6) is 0.0235. The average molecular weight is 332 g/mol. The van der Waals surface area contributed by atoms with Crippen LogP contribution >= 0.6 is 0 Å². The summed E-state index contributed by atoms with van der Waals surface area (Å²) in [5, 5.41) is 9.52. The molecule has 2 heterocycles.